The van der Waals surface area contributed by atoms with Crippen molar-refractivity contribution in [3.05, 3.63) is 40.5 Å². The monoisotopic (exact) mass is 422 g/mol. The third-order valence-electron chi connectivity index (χ3n) is 6.01. The number of aromatic hydroxyl groups is 2. The summed E-state index contributed by atoms with van der Waals surface area (Å²) in [5.41, 5.74) is -4.11. The fourth-order valence-electron chi connectivity index (χ4n) is 4.76. The van der Waals surface area contributed by atoms with Gasteiger partial charge in [-0.3, -0.25) is 9.36 Å². The van der Waals surface area contributed by atoms with E-state index in [9.17, 15) is 28.2 Å². The smallest absolute Gasteiger partial charge is 0.417 e. The largest absolute Gasteiger partial charge is 0.494 e. The number of fused-ring (bicyclic) bond motifs is 5. The van der Waals surface area contributed by atoms with E-state index in [-0.39, 0.29) is 23.2 Å². The first kappa shape index (κ1) is 20.1. The molecule has 0 amide bonds. The van der Waals surface area contributed by atoms with Gasteiger partial charge >= 0.3 is 12.1 Å². The fraction of sp³-hybridized carbons (Fsp3) is 0.400. The van der Waals surface area contributed by atoms with Gasteiger partial charge in [0.25, 0.3) is 0 Å². The molecule has 2 aliphatic rings. The second kappa shape index (κ2) is 5.92. The van der Waals surface area contributed by atoms with E-state index in [2.05, 4.69) is 0 Å². The molecule has 0 radical (unpaired) electrons. The summed E-state index contributed by atoms with van der Waals surface area (Å²) in [6.07, 6.45) is -4.64. The lowest BCUT2D eigenvalue weighted by atomic mass is 9.73. The highest BCUT2D eigenvalue weighted by Gasteiger charge is 2.66. The third kappa shape index (κ3) is 2.38. The predicted octanol–water partition coefficient (Wildman–Crippen LogP) is 3.43. The average Bonchev–Trinajstić information content (AvgIpc) is 3.21. The van der Waals surface area contributed by atoms with Gasteiger partial charge in [0.1, 0.15) is 5.60 Å². The highest BCUT2D eigenvalue weighted by molar-refractivity contribution is 5.78. The molecule has 2 N–H and O–H groups in total. The van der Waals surface area contributed by atoms with Crippen molar-refractivity contribution in [2.75, 3.05) is 7.11 Å². The highest BCUT2D eigenvalue weighted by atomic mass is 19.4. The van der Waals surface area contributed by atoms with Crippen LogP contribution in [-0.2, 0) is 31.6 Å². The second-order valence-electron chi connectivity index (χ2n) is 7.79. The van der Waals surface area contributed by atoms with Crippen molar-refractivity contribution >= 4 is 5.97 Å². The van der Waals surface area contributed by atoms with Gasteiger partial charge < -0.3 is 19.7 Å². The summed E-state index contributed by atoms with van der Waals surface area (Å²) in [7, 11) is 1.22. The Morgan fingerprint density at radius 3 is 2.50 bits per heavy atom. The maximum absolute atomic E-state index is 13.4. The lowest BCUT2D eigenvalue weighted by molar-refractivity contribution is -0.152. The number of carbonyl (C=O) groups excluding carboxylic acids is 1. The summed E-state index contributed by atoms with van der Waals surface area (Å²) in [6, 6.07) is 4.32. The van der Waals surface area contributed by atoms with Crippen molar-refractivity contribution in [3.8, 4) is 23.5 Å². The van der Waals surface area contributed by atoms with E-state index in [4.69, 9.17) is 14.7 Å². The van der Waals surface area contributed by atoms with Crippen molar-refractivity contribution < 1.29 is 37.7 Å². The van der Waals surface area contributed by atoms with E-state index < -0.39 is 52.2 Å². The van der Waals surface area contributed by atoms with Crippen molar-refractivity contribution in [1.82, 2.24) is 4.57 Å². The minimum absolute atomic E-state index is 0.127. The van der Waals surface area contributed by atoms with Gasteiger partial charge in [-0.15, -0.1) is 0 Å². The van der Waals surface area contributed by atoms with E-state index in [1.807, 2.05) is 0 Å². The molecule has 1 aromatic heterocycles. The van der Waals surface area contributed by atoms with Crippen LogP contribution in [0.3, 0.4) is 0 Å². The number of nitrogens with zero attached hydrogens (tertiary/aromatic N) is 2. The van der Waals surface area contributed by atoms with Gasteiger partial charge in [-0.25, -0.2) is 0 Å². The molecule has 3 heterocycles. The van der Waals surface area contributed by atoms with Crippen LogP contribution in [0.2, 0.25) is 0 Å². The number of ether oxygens (including phenoxy) is 2. The minimum Gasteiger partial charge on any atom is -0.494 e. The zero-order valence-corrected chi connectivity index (χ0v) is 16.2. The first-order valence-corrected chi connectivity index (χ1v) is 8.96. The molecule has 10 heteroatoms. The van der Waals surface area contributed by atoms with Crippen molar-refractivity contribution in [2.45, 2.75) is 37.6 Å². The van der Waals surface area contributed by atoms with Crippen LogP contribution in [0.5, 0.6) is 11.8 Å². The average molecular weight is 422 g/mol. The summed E-state index contributed by atoms with van der Waals surface area (Å²) < 4.78 is 51.8. The van der Waals surface area contributed by atoms with Crippen LogP contribution in [0.15, 0.2) is 18.2 Å². The summed E-state index contributed by atoms with van der Waals surface area (Å²) in [4.78, 5) is 12.3. The summed E-state index contributed by atoms with van der Waals surface area (Å²) in [5, 5.41) is 30.7. The molecule has 7 nitrogen and oxygen atoms in total. The molecule has 4 rings (SSSR count). The van der Waals surface area contributed by atoms with Crippen molar-refractivity contribution in [2.24, 2.45) is 5.92 Å². The normalized spacial score (nSPS) is 27.0. The van der Waals surface area contributed by atoms with Gasteiger partial charge in [0, 0.05) is 0 Å². The standard InChI is InChI=1S/C20H17F3N2O5/c1-18-7-12(17(28)29-3)19(2,30-18)14-13(18)15(26)25(16(14)27)10-5-4-9(8-24)11(6-10)20(21,22)23/h4-6,12,26-27H,7H2,1-3H3/t12-,18+,19-/m0/s1. The Morgan fingerprint density at radius 1 is 1.30 bits per heavy atom. The number of rotatable bonds is 2. The summed E-state index contributed by atoms with van der Waals surface area (Å²) in [5.74, 6) is -2.36. The Kier molecular flexibility index (Phi) is 3.96. The summed E-state index contributed by atoms with van der Waals surface area (Å²) in [6.45, 7) is 3.19. The van der Waals surface area contributed by atoms with Crippen LogP contribution in [0.25, 0.3) is 5.69 Å². The van der Waals surface area contributed by atoms with Gasteiger partial charge in [-0.1, -0.05) is 0 Å². The molecular formula is C20H17F3N2O5. The first-order valence-electron chi connectivity index (χ1n) is 8.96. The van der Waals surface area contributed by atoms with Crippen LogP contribution < -0.4 is 0 Å². The number of alkyl halides is 3. The van der Waals surface area contributed by atoms with Crippen LogP contribution in [0.1, 0.15) is 42.5 Å². The molecule has 30 heavy (non-hydrogen) atoms. The van der Waals surface area contributed by atoms with E-state index in [0.717, 1.165) is 10.6 Å². The molecule has 0 unspecified atom stereocenters. The molecule has 1 fully saturated rings. The number of aromatic nitrogens is 1. The molecule has 158 valence electrons. The van der Waals surface area contributed by atoms with Crippen LogP contribution in [-0.4, -0.2) is 27.9 Å². The zero-order chi connectivity index (χ0) is 22.2. The number of methoxy groups -OCH3 is 1. The molecule has 3 atom stereocenters. The van der Waals surface area contributed by atoms with Crippen LogP contribution in [0, 0.1) is 17.2 Å². The quantitative estimate of drug-likeness (QED) is 0.719. The SMILES string of the molecule is COC(=O)[C@@H]1C[C@@]2(C)O[C@]1(C)c1c2c(O)n(-c2ccc(C#N)c(C(F)(F)F)c2)c1O. The van der Waals surface area contributed by atoms with E-state index >= 15 is 0 Å². The van der Waals surface area contributed by atoms with Gasteiger partial charge in [0.2, 0.25) is 11.8 Å². The Bertz CT molecular complexity index is 1130. The minimum atomic E-state index is -4.81. The lowest BCUT2D eigenvalue weighted by Gasteiger charge is -2.27. The molecule has 2 aromatic rings. The van der Waals surface area contributed by atoms with Gasteiger partial charge in [0.15, 0.2) is 0 Å². The second-order valence-corrected chi connectivity index (χ2v) is 7.79. The van der Waals surface area contributed by atoms with E-state index in [1.54, 1.807) is 13.8 Å². The van der Waals surface area contributed by atoms with Gasteiger partial charge in [-0.05, 0) is 38.5 Å². The maximum atomic E-state index is 13.4. The number of esters is 1. The first-order chi connectivity index (χ1) is 13.9. The molecular weight excluding hydrogens is 405 g/mol. The van der Waals surface area contributed by atoms with Gasteiger partial charge in [-0.2, -0.15) is 18.4 Å². The van der Waals surface area contributed by atoms with Gasteiger partial charge in [0.05, 0.1) is 52.6 Å². The molecule has 0 saturated carbocycles. The predicted molar refractivity (Wildman–Crippen MR) is 94.7 cm³/mol. The Balaban J connectivity index is 1.95. The molecule has 1 aromatic carbocycles. The lowest BCUT2D eigenvalue weighted by Crippen LogP contribution is -2.35. The maximum Gasteiger partial charge on any atom is 0.417 e. The fourth-order valence-corrected chi connectivity index (χ4v) is 4.76. The molecule has 0 aliphatic carbocycles. The van der Waals surface area contributed by atoms with E-state index in [1.165, 1.54) is 19.2 Å². The number of halogens is 3. The third-order valence-corrected chi connectivity index (χ3v) is 6.01. The number of hydrogen-bond donors (Lipinski definition) is 2. The number of benzene rings is 1. The molecule has 1 saturated heterocycles. The number of nitriles is 1. The van der Waals surface area contributed by atoms with E-state index in [0.29, 0.717) is 6.07 Å². The van der Waals surface area contributed by atoms with Crippen LogP contribution >= 0.6 is 0 Å². The number of hydrogen-bond acceptors (Lipinski definition) is 6. The number of carbonyl (C=O) groups is 1. The zero-order valence-electron chi connectivity index (χ0n) is 16.2. The molecule has 0 spiro atoms. The van der Waals surface area contributed by atoms with Crippen molar-refractivity contribution in [1.29, 1.82) is 5.26 Å². The Hall–Kier alpha value is -3.19. The summed E-state index contributed by atoms with van der Waals surface area (Å²) >= 11 is 0. The van der Waals surface area contributed by atoms with Crippen molar-refractivity contribution in [3.63, 3.8) is 0 Å². The topological polar surface area (TPSA) is 105 Å². The Labute approximate surface area is 168 Å². The molecule has 2 aliphatic heterocycles. The Morgan fingerprint density at radius 2 is 1.93 bits per heavy atom. The highest BCUT2D eigenvalue weighted by Crippen LogP contribution is 2.66. The molecule has 2 bridgehead atoms. The van der Waals surface area contributed by atoms with Crippen LogP contribution in [0.4, 0.5) is 13.2 Å².